The first-order valence-electron chi connectivity index (χ1n) is 8.17. The number of nitrogens with one attached hydrogen (secondary N) is 1. The van der Waals surface area contributed by atoms with Crippen LogP contribution in [0.15, 0.2) is 48.5 Å². The Morgan fingerprint density at radius 1 is 1.25 bits per heavy atom. The normalized spacial score (nSPS) is 12.4. The summed E-state index contributed by atoms with van der Waals surface area (Å²) in [6, 6.07) is 15.6. The van der Waals surface area contributed by atoms with E-state index in [1.807, 2.05) is 36.4 Å². The monoisotopic (exact) mass is 322 g/mol. The Morgan fingerprint density at radius 3 is 2.79 bits per heavy atom. The maximum absolute atomic E-state index is 11.3. The fourth-order valence-electron chi connectivity index (χ4n) is 2.95. The standard InChI is InChI=1S/C19H22N4O/c1-3-23-17-10-5-4-9-16(17)22-19(23)13(2)21-12-14-7-6-8-15(11-14)18(20)24/h4-11,13,21H,3,12H2,1-2H3,(H2,20,24). The number of amides is 1. The van der Waals surface area contributed by atoms with Gasteiger partial charge < -0.3 is 15.6 Å². The second kappa shape index (κ2) is 6.84. The van der Waals surface area contributed by atoms with Crippen LogP contribution in [-0.4, -0.2) is 15.5 Å². The Balaban J connectivity index is 1.79. The number of aromatic nitrogens is 2. The first-order valence-corrected chi connectivity index (χ1v) is 8.17. The third kappa shape index (κ3) is 3.16. The summed E-state index contributed by atoms with van der Waals surface area (Å²) in [5, 5.41) is 3.48. The van der Waals surface area contributed by atoms with Crippen molar-refractivity contribution in [2.24, 2.45) is 5.73 Å². The highest BCUT2D eigenvalue weighted by Crippen LogP contribution is 2.21. The zero-order valence-electron chi connectivity index (χ0n) is 14.0. The van der Waals surface area contributed by atoms with Gasteiger partial charge >= 0.3 is 0 Å². The molecule has 0 radical (unpaired) electrons. The molecular weight excluding hydrogens is 300 g/mol. The number of carbonyl (C=O) groups is 1. The van der Waals surface area contributed by atoms with Crippen molar-refractivity contribution in [1.82, 2.24) is 14.9 Å². The first kappa shape index (κ1) is 16.2. The van der Waals surface area contributed by atoms with Crippen molar-refractivity contribution in [1.29, 1.82) is 0 Å². The van der Waals surface area contributed by atoms with E-state index >= 15 is 0 Å². The van der Waals surface area contributed by atoms with Crippen molar-refractivity contribution in [3.8, 4) is 0 Å². The van der Waals surface area contributed by atoms with Crippen molar-refractivity contribution in [3.05, 3.63) is 65.5 Å². The molecule has 1 aromatic heterocycles. The van der Waals surface area contributed by atoms with E-state index in [1.54, 1.807) is 6.07 Å². The van der Waals surface area contributed by atoms with Crippen LogP contribution in [-0.2, 0) is 13.1 Å². The number of aryl methyl sites for hydroxylation is 1. The molecule has 1 atom stereocenters. The lowest BCUT2D eigenvalue weighted by molar-refractivity contribution is 0.1000. The van der Waals surface area contributed by atoms with E-state index in [-0.39, 0.29) is 6.04 Å². The molecule has 5 heteroatoms. The van der Waals surface area contributed by atoms with Gasteiger partial charge in [-0.05, 0) is 43.7 Å². The summed E-state index contributed by atoms with van der Waals surface area (Å²) in [5.41, 5.74) is 9.06. The van der Waals surface area contributed by atoms with Crippen LogP contribution in [0.25, 0.3) is 11.0 Å². The molecule has 0 fully saturated rings. The van der Waals surface area contributed by atoms with Gasteiger partial charge in [-0.3, -0.25) is 4.79 Å². The van der Waals surface area contributed by atoms with Crippen LogP contribution in [0.3, 0.4) is 0 Å². The molecule has 0 saturated heterocycles. The summed E-state index contributed by atoms with van der Waals surface area (Å²) in [7, 11) is 0. The second-order valence-electron chi connectivity index (χ2n) is 5.87. The zero-order chi connectivity index (χ0) is 17.1. The molecule has 3 rings (SSSR count). The molecule has 124 valence electrons. The minimum absolute atomic E-state index is 0.0922. The Bertz CT molecular complexity index is 869. The lowest BCUT2D eigenvalue weighted by atomic mass is 10.1. The zero-order valence-corrected chi connectivity index (χ0v) is 14.0. The number of imidazole rings is 1. The molecule has 0 aliphatic carbocycles. The molecule has 1 heterocycles. The molecule has 3 aromatic rings. The van der Waals surface area contributed by atoms with Gasteiger partial charge in [0, 0.05) is 18.7 Å². The Hall–Kier alpha value is -2.66. The third-order valence-corrected chi connectivity index (χ3v) is 4.21. The summed E-state index contributed by atoms with van der Waals surface area (Å²) in [6.45, 7) is 5.75. The molecule has 0 saturated carbocycles. The summed E-state index contributed by atoms with van der Waals surface area (Å²) < 4.78 is 2.23. The smallest absolute Gasteiger partial charge is 0.248 e. The predicted octanol–water partition coefficient (Wildman–Crippen LogP) is 3.01. The highest BCUT2D eigenvalue weighted by molar-refractivity contribution is 5.92. The first-order chi connectivity index (χ1) is 11.6. The summed E-state index contributed by atoms with van der Waals surface area (Å²) in [4.78, 5) is 16.1. The minimum Gasteiger partial charge on any atom is -0.366 e. The largest absolute Gasteiger partial charge is 0.366 e. The van der Waals surface area contributed by atoms with Gasteiger partial charge in [-0.25, -0.2) is 4.98 Å². The van der Waals surface area contributed by atoms with Gasteiger partial charge in [-0.1, -0.05) is 24.3 Å². The molecule has 1 unspecified atom stereocenters. The average Bonchev–Trinajstić information content (AvgIpc) is 2.98. The van der Waals surface area contributed by atoms with Crippen LogP contribution < -0.4 is 11.1 Å². The van der Waals surface area contributed by atoms with Gasteiger partial charge in [0.1, 0.15) is 5.82 Å². The molecular formula is C19H22N4O. The number of carbonyl (C=O) groups excluding carboxylic acids is 1. The Morgan fingerprint density at radius 2 is 2.04 bits per heavy atom. The summed E-state index contributed by atoms with van der Waals surface area (Å²) >= 11 is 0. The highest BCUT2D eigenvalue weighted by atomic mass is 16.1. The average molecular weight is 322 g/mol. The van der Waals surface area contributed by atoms with E-state index in [1.165, 1.54) is 0 Å². The molecule has 0 aliphatic rings. The number of rotatable bonds is 6. The maximum Gasteiger partial charge on any atom is 0.248 e. The van der Waals surface area contributed by atoms with Crippen molar-refractivity contribution in [2.45, 2.75) is 33.0 Å². The topological polar surface area (TPSA) is 72.9 Å². The fourth-order valence-corrected chi connectivity index (χ4v) is 2.95. The van der Waals surface area contributed by atoms with Gasteiger partial charge in [-0.15, -0.1) is 0 Å². The highest BCUT2D eigenvalue weighted by Gasteiger charge is 2.15. The van der Waals surface area contributed by atoms with Gasteiger partial charge in [0.2, 0.25) is 5.91 Å². The maximum atomic E-state index is 11.3. The second-order valence-corrected chi connectivity index (χ2v) is 5.87. The van der Waals surface area contributed by atoms with Crippen LogP contribution in [0.2, 0.25) is 0 Å². The lowest BCUT2D eigenvalue weighted by Crippen LogP contribution is -2.22. The number of fused-ring (bicyclic) bond motifs is 1. The quantitative estimate of drug-likeness (QED) is 0.733. The Labute approximate surface area is 141 Å². The fraction of sp³-hybridized carbons (Fsp3) is 0.263. The number of para-hydroxylation sites is 2. The number of primary amides is 1. The number of nitrogens with two attached hydrogens (primary N) is 1. The van der Waals surface area contributed by atoms with E-state index < -0.39 is 5.91 Å². The third-order valence-electron chi connectivity index (χ3n) is 4.21. The van der Waals surface area contributed by atoms with E-state index in [9.17, 15) is 4.79 Å². The van der Waals surface area contributed by atoms with Gasteiger partial charge in [0.25, 0.3) is 0 Å². The van der Waals surface area contributed by atoms with Gasteiger partial charge in [0.05, 0.1) is 17.1 Å². The molecule has 1 amide bonds. The van der Waals surface area contributed by atoms with E-state index in [2.05, 4.69) is 29.8 Å². The molecule has 0 spiro atoms. The van der Waals surface area contributed by atoms with Crippen LogP contribution in [0.4, 0.5) is 0 Å². The van der Waals surface area contributed by atoms with Crippen LogP contribution in [0.5, 0.6) is 0 Å². The van der Waals surface area contributed by atoms with E-state index in [0.29, 0.717) is 12.1 Å². The van der Waals surface area contributed by atoms with Crippen molar-refractivity contribution < 1.29 is 4.79 Å². The molecule has 3 N–H and O–H groups in total. The number of nitrogens with zero attached hydrogens (tertiary/aromatic N) is 2. The van der Waals surface area contributed by atoms with Crippen molar-refractivity contribution in [2.75, 3.05) is 0 Å². The van der Waals surface area contributed by atoms with Crippen molar-refractivity contribution >= 4 is 16.9 Å². The number of benzene rings is 2. The van der Waals surface area contributed by atoms with Crippen LogP contribution in [0.1, 0.15) is 41.6 Å². The molecule has 2 aromatic carbocycles. The molecule has 24 heavy (non-hydrogen) atoms. The van der Waals surface area contributed by atoms with Crippen LogP contribution >= 0.6 is 0 Å². The number of hydrogen-bond donors (Lipinski definition) is 2. The van der Waals surface area contributed by atoms with Crippen molar-refractivity contribution in [3.63, 3.8) is 0 Å². The van der Waals surface area contributed by atoms with Gasteiger partial charge in [-0.2, -0.15) is 0 Å². The molecule has 5 nitrogen and oxygen atoms in total. The minimum atomic E-state index is -0.405. The van der Waals surface area contributed by atoms with E-state index in [0.717, 1.165) is 29.0 Å². The summed E-state index contributed by atoms with van der Waals surface area (Å²) in [6.07, 6.45) is 0. The molecule has 0 aliphatic heterocycles. The molecule has 0 bridgehead atoms. The van der Waals surface area contributed by atoms with Gasteiger partial charge in [0.15, 0.2) is 0 Å². The Kier molecular flexibility index (Phi) is 4.62. The van der Waals surface area contributed by atoms with Crippen LogP contribution in [0, 0.1) is 0 Å². The lowest BCUT2D eigenvalue weighted by Gasteiger charge is -2.15. The predicted molar refractivity (Wildman–Crippen MR) is 95.6 cm³/mol. The van der Waals surface area contributed by atoms with E-state index in [4.69, 9.17) is 10.7 Å². The number of hydrogen-bond acceptors (Lipinski definition) is 3. The summed E-state index contributed by atoms with van der Waals surface area (Å²) in [5.74, 6) is 0.613. The SMILES string of the molecule is CCn1c(C(C)NCc2cccc(C(N)=O)c2)nc2ccccc21.